The highest BCUT2D eigenvalue weighted by molar-refractivity contribution is 5.31. The third kappa shape index (κ3) is 2.84. The smallest absolute Gasteiger partial charge is 0.225 e. The molecule has 4 heterocycles. The number of piperazine rings is 1. The molecule has 0 aromatic carbocycles. The van der Waals surface area contributed by atoms with Crippen LogP contribution in [0.5, 0.6) is 0 Å². The lowest BCUT2D eigenvalue weighted by molar-refractivity contribution is 0.0532. The van der Waals surface area contributed by atoms with Gasteiger partial charge in [-0.25, -0.2) is 9.97 Å². The van der Waals surface area contributed by atoms with E-state index in [4.69, 9.17) is 4.98 Å². The van der Waals surface area contributed by atoms with Gasteiger partial charge in [0.25, 0.3) is 0 Å². The zero-order chi connectivity index (χ0) is 14.9. The van der Waals surface area contributed by atoms with Crippen molar-refractivity contribution in [1.82, 2.24) is 19.8 Å². The minimum atomic E-state index is 0.625. The molecule has 0 N–H and O–H groups in total. The molecule has 0 amide bonds. The first-order valence-corrected chi connectivity index (χ1v) is 8.84. The maximum absolute atomic E-state index is 4.83. The second kappa shape index (κ2) is 6.13. The summed E-state index contributed by atoms with van der Waals surface area (Å²) in [6.07, 6.45) is 7.22. The molecular formula is C17H27N5. The standard InChI is InChI=1S/C17H27N5/c1-14-11-21-10-4-5-16(21)13-22(14)12-15-6-7-18-17(19-15)20-8-2-3-9-20/h6-7,14,16H,2-5,8-13H2,1H3/t14-,16+/m1/s1. The largest absolute Gasteiger partial charge is 0.341 e. The number of fused-ring (bicyclic) bond motifs is 1. The highest BCUT2D eigenvalue weighted by Crippen LogP contribution is 2.25. The fraction of sp³-hybridized carbons (Fsp3) is 0.765. The maximum Gasteiger partial charge on any atom is 0.225 e. The van der Waals surface area contributed by atoms with Gasteiger partial charge in [-0.15, -0.1) is 0 Å². The Kier molecular flexibility index (Phi) is 4.01. The zero-order valence-electron chi connectivity index (χ0n) is 13.6. The summed E-state index contributed by atoms with van der Waals surface area (Å²) in [6.45, 7) is 9.27. The van der Waals surface area contributed by atoms with Crippen LogP contribution in [0.3, 0.4) is 0 Å². The van der Waals surface area contributed by atoms with E-state index in [1.165, 1.54) is 51.0 Å². The molecule has 1 aromatic rings. The Morgan fingerprint density at radius 2 is 2.00 bits per heavy atom. The lowest BCUT2D eigenvalue weighted by Crippen LogP contribution is -2.54. The molecule has 3 saturated heterocycles. The Hall–Kier alpha value is -1.20. The second-order valence-electron chi connectivity index (χ2n) is 7.11. The molecule has 0 aliphatic carbocycles. The van der Waals surface area contributed by atoms with Crippen LogP contribution in [0.2, 0.25) is 0 Å². The van der Waals surface area contributed by atoms with E-state index in [1.807, 2.05) is 6.20 Å². The molecule has 3 fully saturated rings. The van der Waals surface area contributed by atoms with Crippen molar-refractivity contribution in [3.63, 3.8) is 0 Å². The van der Waals surface area contributed by atoms with Gasteiger partial charge < -0.3 is 4.90 Å². The van der Waals surface area contributed by atoms with Crippen LogP contribution in [-0.2, 0) is 6.54 Å². The van der Waals surface area contributed by atoms with Gasteiger partial charge in [0.1, 0.15) is 0 Å². The SMILES string of the molecule is C[C@@H]1CN2CCC[C@H]2CN1Cc1ccnc(N2CCCC2)n1. The minimum Gasteiger partial charge on any atom is -0.341 e. The second-order valence-corrected chi connectivity index (χ2v) is 7.11. The number of anilines is 1. The number of rotatable bonds is 3. The first-order valence-electron chi connectivity index (χ1n) is 8.84. The molecule has 1 aromatic heterocycles. The number of hydrogen-bond donors (Lipinski definition) is 0. The van der Waals surface area contributed by atoms with Crippen molar-refractivity contribution < 1.29 is 0 Å². The maximum atomic E-state index is 4.83. The summed E-state index contributed by atoms with van der Waals surface area (Å²) in [5.41, 5.74) is 1.18. The first kappa shape index (κ1) is 14.4. The van der Waals surface area contributed by atoms with Gasteiger partial charge in [-0.2, -0.15) is 0 Å². The van der Waals surface area contributed by atoms with Crippen molar-refractivity contribution in [2.45, 2.75) is 51.2 Å². The monoisotopic (exact) mass is 301 g/mol. The summed E-state index contributed by atoms with van der Waals surface area (Å²) in [5, 5.41) is 0. The van der Waals surface area contributed by atoms with E-state index >= 15 is 0 Å². The van der Waals surface area contributed by atoms with E-state index in [-0.39, 0.29) is 0 Å². The van der Waals surface area contributed by atoms with E-state index in [1.54, 1.807) is 0 Å². The Morgan fingerprint density at radius 3 is 2.86 bits per heavy atom. The molecule has 0 spiro atoms. The summed E-state index contributed by atoms with van der Waals surface area (Å²) in [5.74, 6) is 0.933. The van der Waals surface area contributed by atoms with Crippen LogP contribution in [0.1, 0.15) is 38.3 Å². The normalized spacial score (nSPS) is 30.0. The van der Waals surface area contributed by atoms with Gasteiger partial charge in [0, 0.05) is 51.0 Å². The topological polar surface area (TPSA) is 35.5 Å². The first-order chi connectivity index (χ1) is 10.8. The molecule has 3 aliphatic rings. The zero-order valence-corrected chi connectivity index (χ0v) is 13.6. The summed E-state index contributed by atoms with van der Waals surface area (Å²) >= 11 is 0. The van der Waals surface area contributed by atoms with Crippen molar-refractivity contribution in [1.29, 1.82) is 0 Å². The van der Waals surface area contributed by atoms with Crippen LogP contribution in [0.25, 0.3) is 0 Å². The van der Waals surface area contributed by atoms with Gasteiger partial charge in [-0.3, -0.25) is 9.80 Å². The average molecular weight is 301 g/mol. The summed E-state index contributed by atoms with van der Waals surface area (Å²) in [6, 6.07) is 3.49. The Morgan fingerprint density at radius 1 is 1.14 bits per heavy atom. The molecule has 2 atom stereocenters. The minimum absolute atomic E-state index is 0.625. The van der Waals surface area contributed by atoms with Gasteiger partial charge in [0.05, 0.1) is 5.69 Å². The van der Waals surface area contributed by atoms with Gasteiger partial charge in [-0.05, 0) is 45.2 Å². The molecule has 0 unspecified atom stereocenters. The quantitative estimate of drug-likeness (QED) is 0.850. The molecule has 5 nitrogen and oxygen atoms in total. The van der Waals surface area contributed by atoms with Crippen LogP contribution in [0.4, 0.5) is 5.95 Å². The van der Waals surface area contributed by atoms with Crippen LogP contribution < -0.4 is 4.90 Å². The van der Waals surface area contributed by atoms with E-state index < -0.39 is 0 Å². The Labute approximate surface area is 133 Å². The molecule has 3 aliphatic heterocycles. The third-order valence-electron chi connectivity index (χ3n) is 5.52. The lowest BCUT2D eigenvalue weighted by Gasteiger charge is -2.42. The van der Waals surface area contributed by atoms with Crippen LogP contribution in [0.15, 0.2) is 12.3 Å². The fourth-order valence-corrected chi connectivity index (χ4v) is 4.22. The van der Waals surface area contributed by atoms with Crippen LogP contribution >= 0.6 is 0 Å². The Balaban J connectivity index is 1.45. The van der Waals surface area contributed by atoms with E-state index in [9.17, 15) is 0 Å². The highest BCUT2D eigenvalue weighted by Gasteiger charge is 2.34. The van der Waals surface area contributed by atoms with Crippen LogP contribution in [-0.4, -0.2) is 64.6 Å². The van der Waals surface area contributed by atoms with E-state index in [0.29, 0.717) is 6.04 Å². The lowest BCUT2D eigenvalue weighted by atomic mass is 10.1. The predicted molar refractivity (Wildman–Crippen MR) is 87.9 cm³/mol. The molecule has 120 valence electrons. The van der Waals surface area contributed by atoms with Gasteiger partial charge in [-0.1, -0.05) is 0 Å². The highest BCUT2D eigenvalue weighted by atomic mass is 15.3. The Bertz CT molecular complexity index is 514. The molecule has 0 saturated carbocycles. The number of hydrogen-bond acceptors (Lipinski definition) is 5. The van der Waals surface area contributed by atoms with Crippen molar-refractivity contribution in [3.05, 3.63) is 18.0 Å². The summed E-state index contributed by atoms with van der Waals surface area (Å²) < 4.78 is 0. The number of aromatic nitrogens is 2. The molecule has 0 bridgehead atoms. The average Bonchev–Trinajstić information content (AvgIpc) is 3.19. The summed E-state index contributed by atoms with van der Waals surface area (Å²) in [7, 11) is 0. The van der Waals surface area contributed by atoms with Gasteiger partial charge >= 0.3 is 0 Å². The van der Waals surface area contributed by atoms with Crippen molar-refractivity contribution in [2.24, 2.45) is 0 Å². The van der Waals surface area contributed by atoms with Gasteiger partial charge in [0.2, 0.25) is 5.95 Å². The third-order valence-corrected chi connectivity index (χ3v) is 5.52. The van der Waals surface area contributed by atoms with Crippen molar-refractivity contribution in [2.75, 3.05) is 37.6 Å². The molecule has 5 heteroatoms. The molecule has 4 rings (SSSR count). The molecule has 22 heavy (non-hydrogen) atoms. The van der Waals surface area contributed by atoms with Crippen molar-refractivity contribution in [3.8, 4) is 0 Å². The summed E-state index contributed by atoms with van der Waals surface area (Å²) in [4.78, 5) is 16.9. The molecular weight excluding hydrogens is 274 g/mol. The fourth-order valence-electron chi connectivity index (χ4n) is 4.22. The number of nitrogens with zero attached hydrogens (tertiary/aromatic N) is 5. The van der Waals surface area contributed by atoms with Crippen molar-refractivity contribution >= 4 is 5.95 Å². The molecule has 0 radical (unpaired) electrons. The van der Waals surface area contributed by atoms with Crippen LogP contribution in [0, 0.1) is 0 Å². The van der Waals surface area contributed by atoms with Gasteiger partial charge in [0.15, 0.2) is 0 Å². The predicted octanol–water partition coefficient (Wildman–Crippen LogP) is 1.75. The van der Waals surface area contributed by atoms with E-state index in [2.05, 4.69) is 32.7 Å². The van der Waals surface area contributed by atoms with E-state index in [0.717, 1.165) is 31.6 Å².